The Morgan fingerprint density at radius 1 is 1.21 bits per heavy atom. The SMILES string of the molecule is CCCC(C)C(=O)[C@H](Cc1ccccc1)N1CCC(C)(CN(C)CCC)C1=O. The average molecular weight is 387 g/mol. The van der Waals surface area contributed by atoms with Crippen LogP contribution in [0.25, 0.3) is 0 Å². The number of hydrogen-bond donors (Lipinski definition) is 0. The Hall–Kier alpha value is -1.68. The Bertz CT molecular complexity index is 645. The molecule has 0 bridgehead atoms. The second-order valence-corrected chi connectivity index (χ2v) is 8.84. The molecule has 1 aliphatic rings. The number of hydrogen-bond acceptors (Lipinski definition) is 3. The molecular weight excluding hydrogens is 348 g/mol. The fourth-order valence-corrected chi connectivity index (χ4v) is 4.53. The molecule has 4 heteroatoms. The molecule has 1 heterocycles. The highest BCUT2D eigenvalue weighted by Gasteiger charge is 2.47. The van der Waals surface area contributed by atoms with Crippen LogP contribution in [-0.2, 0) is 16.0 Å². The highest BCUT2D eigenvalue weighted by Crippen LogP contribution is 2.35. The molecule has 1 amide bonds. The quantitative estimate of drug-likeness (QED) is 0.573. The van der Waals surface area contributed by atoms with Gasteiger partial charge in [0.15, 0.2) is 5.78 Å². The van der Waals surface area contributed by atoms with E-state index in [0.717, 1.165) is 44.3 Å². The minimum atomic E-state index is -0.396. The van der Waals surface area contributed by atoms with E-state index < -0.39 is 5.41 Å². The maximum atomic E-state index is 13.4. The Morgan fingerprint density at radius 2 is 1.89 bits per heavy atom. The van der Waals surface area contributed by atoms with E-state index in [2.05, 4.69) is 44.9 Å². The molecule has 28 heavy (non-hydrogen) atoms. The number of rotatable bonds is 11. The molecule has 4 nitrogen and oxygen atoms in total. The van der Waals surface area contributed by atoms with E-state index in [9.17, 15) is 9.59 Å². The first-order chi connectivity index (χ1) is 13.3. The molecule has 1 aromatic carbocycles. The van der Waals surface area contributed by atoms with Crippen molar-refractivity contribution in [3.05, 3.63) is 35.9 Å². The van der Waals surface area contributed by atoms with Gasteiger partial charge in [0, 0.05) is 19.0 Å². The van der Waals surface area contributed by atoms with Gasteiger partial charge in [0.1, 0.15) is 0 Å². The number of carbonyl (C=O) groups is 2. The molecule has 2 unspecified atom stereocenters. The summed E-state index contributed by atoms with van der Waals surface area (Å²) < 4.78 is 0. The predicted octanol–water partition coefficient (Wildman–Crippen LogP) is 4.18. The van der Waals surface area contributed by atoms with Gasteiger partial charge in [-0.15, -0.1) is 0 Å². The van der Waals surface area contributed by atoms with Crippen LogP contribution in [0.1, 0.15) is 58.9 Å². The standard InChI is InChI=1S/C24H38N2O2/c1-6-11-19(3)22(27)21(17-20-12-9-8-10-13-20)26-16-14-24(4,23(26)28)18-25(5)15-7-2/h8-10,12-13,19,21H,6-7,11,14-18H2,1-5H3/t19?,21-,24?/m0/s1. The van der Waals surface area contributed by atoms with Crippen LogP contribution >= 0.6 is 0 Å². The van der Waals surface area contributed by atoms with Crippen LogP contribution in [0.3, 0.4) is 0 Å². The Labute approximate surface area is 171 Å². The van der Waals surface area contributed by atoms with Crippen molar-refractivity contribution in [3.8, 4) is 0 Å². The van der Waals surface area contributed by atoms with E-state index in [-0.39, 0.29) is 23.7 Å². The summed E-state index contributed by atoms with van der Waals surface area (Å²) in [6.07, 6.45) is 4.37. The minimum Gasteiger partial charge on any atom is -0.332 e. The predicted molar refractivity (Wildman–Crippen MR) is 115 cm³/mol. The van der Waals surface area contributed by atoms with Gasteiger partial charge in [0.2, 0.25) is 5.91 Å². The van der Waals surface area contributed by atoms with Crippen molar-refractivity contribution in [2.75, 3.05) is 26.7 Å². The van der Waals surface area contributed by atoms with Crippen LogP contribution in [0.15, 0.2) is 30.3 Å². The summed E-state index contributed by atoms with van der Waals surface area (Å²) in [6.45, 7) is 10.8. The first-order valence-corrected chi connectivity index (χ1v) is 10.9. The summed E-state index contributed by atoms with van der Waals surface area (Å²) in [5, 5.41) is 0. The van der Waals surface area contributed by atoms with Crippen LogP contribution in [0.2, 0.25) is 0 Å². The van der Waals surface area contributed by atoms with E-state index in [1.807, 2.05) is 30.0 Å². The first-order valence-electron chi connectivity index (χ1n) is 10.9. The molecule has 0 saturated carbocycles. The maximum Gasteiger partial charge on any atom is 0.230 e. The van der Waals surface area contributed by atoms with Crippen LogP contribution in [0.5, 0.6) is 0 Å². The van der Waals surface area contributed by atoms with Crippen molar-refractivity contribution >= 4 is 11.7 Å². The van der Waals surface area contributed by atoms with Crippen molar-refractivity contribution in [1.82, 2.24) is 9.80 Å². The molecule has 0 aliphatic carbocycles. The van der Waals surface area contributed by atoms with Gasteiger partial charge in [0.05, 0.1) is 11.5 Å². The van der Waals surface area contributed by atoms with Gasteiger partial charge < -0.3 is 9.80 Å². The van der Waals surface area contributed by atoms with Gasteiger partial charge in [-0.2, -0.15) is 0 Å². The van der Waals surface area contributed by atoms with Crippen molar-refractivity contribution in [1.29, 1.82) is 0 Å². The van der Waals surface area contributed by atoms with Gasteiger partial charge in [-0.1, -0.05) is 57.5 Å². The molecule has 0 spiro atoms. The number of nitrogens with zero attached hydrogens (tertiary/aromatic N) is 2. The van der Waals surface area contributed by atoms with Crippen LogP contribution in [0, 0.1) is 11.3 Å². The Kier molecular flexibility index (Phi) is 8.23. The number of carbonyl (C=O) groups excluding carboxylic acids is 2. The fourth-order valence-electron chi connectivity index (χ4n) is 4.53. The second kappa shape index (κ2) is 10.2. The van der Waals surface area contributed by atoms with Gasteiger partial charge in [-0.3, -0.25) is 9.59 Å². The van der Waals surface area contributed by atoms with Gasteiger partial charge >= 0.3 is 0 Å². The van der Waals surface area contributed by atoms with E-state index >= 15 is 0 Å². The molecule has 0 radical (unpaired) electrons. The Balaban J connectivity index is 2.22. The summed E-state index contributed by atoms with van der Waals surface area (Å²) in [7, 11) is 2.08. The zero-order valence-corrected chi connectivity index (χ0v) is 18.4. The number of Topliss-reactive ketones (excluding diaryl/α,β-unsaturated/α-hetero) is 1. The molecule has 0 N–H and O–H groups in total. The first kappa shape index (κ1) is 22.6. The molecule has 1 fully saturated rings. The molecule has 0 aromatic heterocycles. The topological polar surface area (TPSA) is 40.6 Å². The average Bonchev–Trinajstić information content (AvgIpc) is 2.95. The van der Waals surface area contributed by atoms with E-state index in [4.69, 9.17) is 0 Å². The zero-order valence-electron chi connectivity index (χ0n) is 18.4. The number of amides is 1. The molecule has 2 rings (SSSR count). The van der Waals surface area contributed by atoms with Crippen molar-refractivity contribution in [2.45, 2.75) is 65.8 Å². The molecule has 3 atom stereocenters. The highest BCUT2D eigenvalue weighted by atomic mass is 16.2. The van der Waals surface area contributed by atoms with Gasteiger partial charge in [-0.25, -0.2) is 0 Å². The summed E-state index contributed by atoms with van der Waals surface area (Å²) in [5.41, 5.74) is 0.724. The third kappa shape index (κ3) is 5.44. The summed E-state index contributed by atoms with van der Waals surface area (Å²) >= 11 is 0. The monoisotopic (exact) mass is 386 g/mol. The fraction of sp³-hybridized carbons (Fsp3) is 0.667. The summed E-state index contributed by atoms with van der Waals surface area (Å²) in [5.74, 6) is 0.347. The number of likely N-dealkylation sites (tertiary alicyclic amines) is 1. The van der Waals surface area contributed by atoms with E-state index in [1.165, 1.54) is 0 Å². The van der Waals surface area contributed by atoms with Gasteiger partial charge in [-0.05, 0) is 51.8 Å². The van der Waals surface area contributed by atoms with Crippen molar-refractivity contribution < 1.29 is 9.59 Å². The Morgan fingerprint density at radius 3 is 2.50 bits per heavy atom. The minimum absolute atomic E-state index is 0.0128. The summed E-state index contributed by atoms with van der Waals surface area (Å²) in [4.78, 5) is 30.9. The largest absolute Gasteiger partial charge is 0.332 e. The lowest BCUT2D eigenvalue weighted by molar-refractivity contribution is -0.143. The lowest BCUT2D eigenvalue weighted by Gasteiger charge is -2.32. The van der Waals surface area contributed by atoms with E-state index in [1.54, 1.807) is 0 Å². The number of benzene rings is 1. The van der Waals surface area contributed by atoms with Crippen molar-refractivity contribution in [3.63, 3.8) is 0 Å². The second-order valence-electron chi connectivity index (χ2n) is 8.84. The third-order valence-electron chi connectivity index (χ3n) is 6.09. The molecule has 1 aliphatic heterocycles. The van der Waals surface area contributed by atoms with Crippen LogP contribution < -0.4 is 0 Å². The van der Waals surface area contributed by atoms with Gasteiger partial charge in [0.25, 0.3) is 0 Å². The lowest BCUT2D eigenvalue weighted by Crippen LogP contribution is -2.49. The van der Waals surface area contributed by atoms with Crippen molar-refractivity contribution in [2.24, 2.45) is 11.3 Å². The van der Waals surface area contributed by atoms with Crippen LogP contribution in [-0.4, -0.2) is 54.2 Å². The summed E-state index contributed by atoms with van der Waals surface area (Å²) in [6, 6.07) is 9.75. The molecule has 156 valence electrons. The molecule has 1 aromatic rings. The highest BCUT2D eigenvalue weighted by molar-refractivity contribution is 5.93. The zero-order chi connectivity index (χ0) is 20.7. The normalized spacial score (nSPS) is 21.9. The van der Waals surface area contributed by atoms with E-state index in [0.29, 0.717) is 13.0 Å². The third-order valence-corrected chi connectivity index (χ3v) is 6.09. The molecular formula is C24H38N2O2. The number of ketones is 1. The maximum absolute atomic E-state index is 13.4. The molecule has 1 saturated heterocycles. The smallest absolute Gasteiger partial charge is 0.230 e. The van der Waals surface area contributed by atoms with Crippen LogP contribution in [0.4, 0.5) is 0 Å². The lowest BCUT2D eigenvalue weighted by atomic mass is 9.87.